The lowest BCUT2D eigenvalue weighted by Gasteiger charge is -2.11. The Morgan fingerprint density at radius 2 is 1.81 bits per heavy atom. The first-order chi connectivity index (χ1) is 9.94. The highest BCUT2D eigenvalue weighted by Crippen LogP contribution is 2.37. The van der Waals surface area contributed by atoms with Crippen molar-refractivity contribution in [2.45, 2.75) is 16.0 Å². The zero-order chi connectivity index (χ0) is 15.5. The van der Waals surface area contributed by atoms with Crippen LogP contribution in [0, 0.1) is 11.3 Å². The van der Waals surface area contributed by atoms with Crippen molar-refractivity contribution in [1.82, 2.24) is 0 Å². The molecule has 0 spiro atoms. The van der Waals surface area contributed by atoms with Crippen LogP contribution in [0.25, 0.3) is 0 Å². The van der Waals surface area contributed by atoms with Crippen LogP contribution < -0.4 is 4.74 Å². The summed E-state index contributed by atoms with van der Waals surface area (Å²) in [5, 5.41) is 8.76. The van der Waals surface area contributed by atoms with Crippen LogP contribution in [0.1, 0.15) is 11.1 Å². The largest absolute Gasteiger partial charge is 0.497 e. The SMILES string of the molecule is COc1cccc(Sc2ccc(C#N)c(C(F)(F)F)c2)c1. The van der Waals surface area contributed by atoms with E-state index < -0.39 is 11.7 Å². The highest BCUT2D eigenvalue weighted by Gasteiger charge is 2.33. The molecule has 0 saturated heterocycles. The lowest BCUT2D eigenvalue weighted by molar-refractivity contribution is -0.137. The quantitative estimate of drug-likeness (QED) is 0.821. The number of nitrogens with zero attached hydrogens (tertiary/aromatic N) is 1. The molecular formula is C15H10F3NOS. The van der Waals surface area contributed by atoms with Gasteiger partial charge >= 0.3 is 6.18 Å². The van der Waals surface area contributed by atoms with E-state index in [9.17, 15) is 13.2 Å². The molecule has 0 heterocycles. The van der Waals surface area contributed by atoms with Crippen molar-refractivity contribution in [1.29, 1.82) is 5.26 Å². The van der Waals surface area contributed by atoms with Gasteiger partial charge in [0.2, 0.25) is 0 Å². The Hall–Kier alpha value is -2.13. The molecule has 0 aromatic heterocycles. The van der Waals surface area contributed by atoms with Crippen molar-refractivity contribution in [3.05, 3.63) is 53.6 Å². The van der Waals surface area contributed by atoms with Gasteiger partial charge in [-0.1, -0.05) is 17.8 Å². The number of nitriles is 1. The third-order valence-electron chi connectivity index (χ3n) is 2.69. The molecule has 21 heavy (non-hydrogen) atoms. The van der Waals surface area contributed by atoms with Gasteiger partial charge in [0.25, 0.3) is 0 Å². The molecule has 2 aromatic rings. The predicted molar refractivity (Wildman–Crippen MR) is 73.3 cm³/mol. The molecule has 0 atom stereocenters. The monoisotopic (exact) mass is 309 g/mol. The summed E-state index contributed by atoms with van der Waals surface area (Å²) in [5.41, 5.74) is -1.30. The highest BCUT2D eigenvalue weighted by atomic mass is 32.2. The van der Waals surface area contributed by atoms with Crippen molar-refractivity contribution >= 4 is 11.8 Å². The Balaban J connectivity index is 2.35. The first-order valence-corrected chi connectivity index (χ1v) is 6.69. The fourth-order valence-corrected chi connectivity index (χ4v) is 2.63. The summed E-state index contributed by atoms with van der Waals surface area (Å²) in [7, 11) is 1.52. The summed E-state index contributed by atoms with van der Waals surface area (Å²) in [5.74, 6) is 0.629. The van der Waals surface area contributed by atoms with Crippen LogP contribution in [0.3, 0.4) is 0 Å². The number of hydrogen-bond acceptors (Lipinski definition) is 3. The molecule has 2 nitrogen and oxygen atoms in total. The van der Waals surface area contributed by atoms with Crippen LogP contribution in [0.4, 0.5) is 13.2 Å². The molecule has 0 fully saturated rings. The standard InChI is InChI=1S/C15H10F3NOS/c1-20-11-3-2-4-12(7-11)21-13-6-5-10(9-19)14(8-13)15(16,17)18/h2-8H,1H3. The fourth-order valence-electron chi connectivity index (χ4n) is 1.72. The van der Waals surface area contributed by atoms with Crippen molar-refractivity contribution in [2.24, 2.45) is 0 Å². The van der Waals surface area contributed by atoms with Crippen molar-refractivity contribution in [3.63, 3.8) is 0 Å². The number of hydrogen-bond donors (Lipinski definition) is 0. The molecule has 0 unspecified atom stereocenters. The van der Waals surface area contributed by atoms with Gasteiger partial charge in [0.1, 0.15) is 5.75 Å². The van der Waals surface area contributed by atoms with E-state index >= 15 is 0 Å². The van der Waals surface area contributed by atoms with Crippen LogP contribution in [-0.2, 0) is 6.18 Å². The number of benzene rings is 2. The van der Waals surface area contributed by atoms with Gasteiger partial charge in [-0.15, -0.1) is 0 Å². The highest BCUT2D eigenvalue weighted by molar-refractivity contribution is 7.99. The molecule has 2 aromatic carbocycles. The molecule has 0 amide bonds. The molecular weight excluding hydrogens is 299 g/mol. The first-order valence-electron chi connectivity index (χ1n) is 5.87. The molecule has 2 rings (SSSR count). The summed E-state index contributed by atoms with van der Waals surface area (Å²) in [4.78, 5) is 1.17. The van der Waals surface area contributed by atoms with Gasteiger partial charge in [0, 0.05) is 9.79 Å². The summed E-state index contributed by atoms with van der Waals surface area (Å²) in [6.07, 6.45) is -4.55. The first kappa shape index (κ1) is 15.3. The van der Waals surface area contributed by atoms with Crippen molar-refractivity contribution in [3.8, 4) is 11.8 Å². The van der Waals surface area contributed by atoms with Crippen LogP contribution >= 0.6 is 11.8 Å². The van der Waals surface area contributed by atoms with E-state index in [-0.39, 0.29) is 5.56 Å². The van der Waals surface area contributed by atoms with Gasteiger partial charge in [-0.3, -0.25) is 0 Å². The minimum absolute atomic E-state index is 0.377. The average Bonchev–Trinajstić information content (AvgIpc) is 2.46. The normalized spacial score (nSPS) is 11.0. The van der Waals surface area contributed by atoms with E-state index in [0.717, 1.165) is 11.0 Å². The van der Waals surface area contributed by atoms with Crippen molar-refractivity contribution < 1.29 is 17.9 Å². The fraction of sp³-hybridized carbons (Fsp3) is 0.133. The molecule has 108 valence electrons. The third kappa shape index (κ3) is 3.70. The maximum Gasteiger partial charge on any atom is 0.417 e. The van der Waals surface area contributed by atoms with Gasteiger partial charge < -0.3 is 4.74 Å². The van der Waals surface area contributed by atoms with Gasteiger partial charge in [0.15, 0.2) is 0 Å². The van der Waals surface area contributed by atoms with Gasteiger partial charge in [-0.25, -0.2) is 0 Å². The smallest absolute Gasteiger partial charge is 0.417 e. The molecule has 0 saturated carbocycles. The third-order valence-corrected chi connectivity index (χ3v) is 3.67. The molecule has 0 aliphatic heterocycles. The number of alkyl halides is 3. The van der Waals surface area contributed by atoms with Gasteiger partial charge in [-0.05, 0) is 36.4 Å². The van der Waals surface area contributed by atoms with Crippen molar-refractivity contribution in [2.75, 3.05) is 7.11 Å². The lowest BCUT2D eigenvalue weighted by Crippen LogP contribution is -2.07. The van der Waals surface area contributed by atoms with Crippen LogP contribution in [0.5, 0.6) is 5.75 Å². The second kappa shape index (κ2) is 6.10. The van der Waals surface area contributed by atoms with Crippen LogP contribution in [0.2, 0.25) is 0 Å². The van der Waals surface area contributed by atoms with E-state index in [1.807, 2.05) is 0 Å². The molecule has 0 aliphatic carbocycles. The molecule has 0 N–H and O–H groups in total. The number of halogens is 3. The molecule has 0 aliphatic rings. The van der Waals surface area contributed by atoms with Gasteiger partial charge in [-0.2, -0.15) is 18.4 Å². The van der Waals surface area contributed by atoms with E-state index in [1.54, 1.807) is 30.3 Å². The Kier molecular flexibility index (Phi) is 4.43. The molecule has 0 bridgehead atoms. The predicted octanol–water partition coefficient (Wildman–Crippen LogP) is 4.74. The Morgan fingerprint density at radius 3 is 2.43 bits per heavy atom. The summed E-state index contributed by atoms with van der Waals surface area (Å²) >= 11 is 1.18. The maximum absolute atomic E-state index is 12.9. The average molecular weight is 309 g/mol. The molecule has 0 radical (unpaired) electrons. The maximum atomic E-state index is 12.9. The number of methoxy groups -OCH3 is 1. The Labute approximate surface area is 124 Å². The molecule has 6 heteroatoms. The number of ether oxygens (including phenoxy) is 1. The second-order valence-electron chi connectivity index (χ2n) is 4.10. The van der Waals surface area contributed by atoms with Crippen LogP contribution in [0.15, 0.2) is 52.3 Å². The van der Waals surface area contributed by atoms with Gasteiger partial charge in [0.05, 0.1) is 24.3 Å². The Bertz CT molecular complexity index is 692. The lowest BCUT2D eigenvalue weighted by atomic mass is 10.1. The Morgan fingerprint density at radius 1 is 1.10 bits per heavy atom. The minimum atomic E-state index is -4.55. The zero-order valence-electron chi connectivity index (χ0n) is 10.9. The van der Waals surface area contributed by atoms with E-state index in [0.29, 0.717) is 10.6 Å². The minimum Gasteiger partial charge on any atom is -0.497 e. The zero-order valence-corrected chi connectivity index (χ0v) is 11.8. The topological polar surface area (TPSA) is 33.0 Å². The van der Waals surface area contributed by atoms with Crippen LogP contribution in [-0.4, -0.2) is 7.11 Å². The summed E-state index contributed by atoms with van der Waals surface area (Å²) < 4.78 is 43.7. The van der Waals surface area contributed by atoms with E-state index in [1.165, 1.54) is 31.0 Å². The second-order valence-corrected chi connectivity index (χ2v) is 5.24. The number of rotatable bonds is 3. The summed E-state index contributed by atoms with van der Waals surface area (Å²) in [6, 6.07) is 12.3. The van der Waals surface area contributed by atoms with E-state index in [2.05, 4.69) is 0 Å². The van der Waals surface area contributed by atoms with E-state index in [4.69, 9.17) is 10.00 Å². The summed E-state index contributed by atoms with van der Waals surface area (Å²) in [6.45, 7) is 0.